The maximum Gasteiger partial charge on any atom is 0.307 e. The second-order valence-electron chi connectivity index (χ2n) is 7.01. The molecule has 1 aromatic heterocycles. The summed E-state index contributed by atoms with van der Waals surface area (Å²) in [7, 11) is 0. The first-order valence-electron chi connectivity index (χ1n) is 9.77. The molecule has 0 unspecified atom stereocenters. The lowest BCUT2D eigenvalue weighted by molar-refractivity contribution is -0.136. The number of ether oxygens (including phenoxy) is 1. The van der Waals surface area contributed by atoms with Gasteiger partial charge in [-0.2, -0.15) is 0 Å². The van der Waals surface area contributed by atoms with Gasteiger partial charge in [-0.1, -0.05) is 67.6 Å². The van der Waals surface area contributed by atoms with Crippen molar-refractivity contribution in [3.8, 4) is 17.0 Å². The molecule has 0 atom stereocenters. The Morgan fingerprint density at radius 3 is 2.48 bits per heavy atom. The molecule has 29 heavy (non-hydrogen) atoms. The molecule has 0 saturated heterocycles. The number of rotatable bonds is 7. The number of carbonyl (C=O) groups is 1. The van der Waals surface area contributed by atoms with E-state index in [9.17, 15) is 9.90 Å². The summed E-state index contributed by atoms with van der Waals surface area (Å²) in [5.41, 5.74) is 5.73. The first kappa shape index (κ1) is 18.8. The molecule has 0 radical (unpaired) electrons. The standard InChI is InChI=1S/C25H23NO3/c1-2-18-11-8-13-19-21(15-23(27)28)25(26-24(18)19)20-12-6-7-14-22(20)29-16-17-9-4-3-5-10-17/h3-14,26H,2,15-16H2,1H3,(H,27,28). The lowest BCUT2D eigenvalue weighted by Gasteiger charge is -2.12. The third kappa shape index (κ3) is 3.87. The fraction of sp³-hybridized carbons (Fsp3) is 0.160. The molecule has 4 aromatic rings. The molecular formula is C25H23NO3. The first-order chi connectivity index (χ1) is 14.2. The quantitative estimate of drug-likeness (QED) is 0.435. The molecule has 3 aromatic carbocycles. The number of fused-ring (bicyclic) bond motifs is 1. The summed E-state index contributed by atoms with van der Waals surface area (Å²) >= 11 is 0. The van der Waals surface area contributed by atoms with Crippen LogP contribution in [0.1, 0.15) is 23.6 Å². The number of aryl methyl sites for hydroxylation is 1. The summed E-state index contributed by atoms with van der Waals surface area (Å²) in [6, 6.07) is 23.8. The van der Waals surface area contributed by atoms with Crippen molar-refractivity contribution >= 4 is 16.9 Å². The number of aliphatic carboxylic acids is 1. The van der Waals surface area contributed by atoms with Gasteiger partial charge in [-0.15, -0.1) is 0 Å². The summed E-state index contributed by atoms with van der Waals surface area (Å²) < 4.78 is 6.12. The monoisotopic (exact) mass is 385 g/mol. The van der Waals surface area contributed by atoms with E-state index in [0.717, 1.165) is 45.5 Å². The molecule has 2 N–H and O–H groups in total. The second-order valence-corrected chi connectivity index (χ2v) is 7.01. The maximum absolute atomic E-state index is 11.6. The Hall–Kier alpha value is -3.53. The number of para-hydroxylation sites is 2. The van der Waals surface area contributed by atoms with E-state index in [-0.39, 0.29) is 6.42 Å². The zero-order valence-corrected chi connectivity index (χ0v) is 16.3. The van der Waals surface area contributed by atoms with Crippen molar-refractivity contribution in [2.75, 3.05) is 0 Å². The van der Waals surface area contributed by atoms with E-state index in [1.54, 1.807) is 0 Å². The molecule has 0 saturated carbocycles. The highest BCUT2D eigenvalue weighted by atomic mass is 16.5. The van der Waals surface area contributed by atoms with Crippen LogP contribution >= 0.6 is 0 Å². The van der Waals surface area contributed by atoms with Crippen LogP contribution in [0.3, 0.4) is 0 Å². The molecule has 4 nitrogen and oxygen atoms in total. The Balaban J connectivity index is 1.81. The van der Waals surface area contributed by atoms with Crippen LogP contribution in [0, 0.1) is 0 Å². The Labute approximate surface area is 169 Å². The van der Waals surface area contributed by atoms with E-state index in [2.05, 4.69) is 18.0 Å². The Bertz CT molecular complexity index is 1150. The molecule has 0 aliphatic rings. The van der Waals surface area contributed by atoms with Crippen molar-refractivity contribution in [1.29, 1.82) is 0 Å². The number of hydrogen-bond acceptors (Lipinski definition) is 2. The lowest BCUT2D eigenvalue weighted by atomic mass is 10.0. The Morgan fingerprint density at radius 1 is 0.966 bits per heavy atom. The normalized spacial score (nSPS) is 10.9. The van der Waals surface area contributed by atoms with E-state index in [1.165, 1.54) is 5.56 Å². The van der Waals surface area contributed by atoms with Crippen molar-refractivity contribution in [3.63, 3.8) is 0 Å². The van der Waals surface area contributed by atoms with E-state index < -0.39 is 5.97 Å². The van der Waals surface area contributed by atoms with Crippen LogP contribution in [-0.4, -0.2) is 16.1 Å². The number of H-pyrrole nitrogens is 1. The highest BCUT2D eigenvalue weighted by Gasteiger charge is 2.19. The van der Waals surface area contributed by atoms with Gasteiger partial charge in [-0.25, -0.2) is 0 Å². The van der Waals surface area contributed by atoms with Crippen molar-refractivity contribution < 1.29 is 14.6 Å². The molecule has 4 rings (SSSR count). The van der Waals surface area contributed by atoms with Gasteiger partial charge in [0.25, 0.3) is 0 Å². The predicted molar refractivity (Wildman–Crippen MR) is 115 cm³/mol. The second kappa shape index (κ2) is 8.23. The molecular weight excluding hydrogens is 362 g/mol. The molecule has 1 heterocycles. The smallest absolute Gasteiger partial charge is 0.307 e. The average molecular weight is 385 g/mol. The highest BCUT2D eigenvalue weighted by Crippen LogP contribution is 2.37. The van der Waals surface area contributed by atoms with Gasteiger partial charge in [0, 0.05) is 16.5 Å². The van der Waals surface area contributed by atoms with Gasteiger partial charge in [-0.3, -0.25) is 4.79 Å². The zero-order valence-electron chi connectivity index (χ0n) is 16.3. The van der Waals surface area contributed by atoms with Crippen LogP contribution in [0.4, 0.5) is 0 Å². The third-order valence-corrected chi connectivity index (χ3v) is 5.13. The van der Waals surface area contributed by atoms with E-state index in [0.29, 0.717) is 6.61 Å². The molecule has 0 fully saturated rings. The zero-order chi connectivity index (χ0) is 20.2. The van der Waals surface area contributed by atoms with Crippen molar-refractivity contribution in [2.24, 2.45) is 0 Å². The minimum atomic E-state index is -0.850. The minimum Gasteiger partial charge on any atom is -0.488 e. The molecule has 0 aliphatic heterocycles. The number of benzene rings is 3. The molecule has 0 aliphatic carbocycles. The summed E-state index contributed by atoms with van der Waals surface area (Å²) in [5.74, 6) is -0.121. The first-order valence-corrected chi connectivity index (χ1v) is 9.77. The minimum absolute atomic E-state index is 0.0461. The van der Waals surface area contributed by atoms with E-state index in [4.69, 9.17) is 4.74 Å². The number of hydrogen-bond donors (Lipinski definition) is 2. The van der Waals surface area contributed by atoms with Gasteiger partial charge in [0.1, 0.15) is 12.4 Å². The molecule has 0 bridgehead atoms. The van der Waals surface area contributed by atoms with Gasteiger partial charge < -0.3 is 14.8 Å². The van der Waals surface area contributed by atoms with Gasteiger partial charge in [-0.05, 0) is 35.2 Å². The fourth-order valence-corrected chi connectivity index (χ4v) is 3.73. The lowest BCUT2D eigenvalue weighted by Crippen LogP contribution is -2.02. The largest absolute Gasteiger partial charge is 0.488 e. The summed E-state index contributed by atoms with van der Waals surface area (Å²) in [6.07, 6.45) is 0.825. The number of aromatic amines is 1. The number of carboxylic acids is 1. The van der Waals surface area contributed by atoms with Gasteiger partial charge in [0.05, 0.1) is 12.1 Å². The van der Waals surface area contributed by atoms with Crippen LogP contribution in [-0.2, 0) is 24.2 Å². The van der Waals surface area contributed by atoms with Gasteiger partial charge >= 0.3 is 5.97 Å². The van der Waals surface area contributed by atoms with Crippen molar-refractivity contribution in [3.05, 3.63) is 89.5 Å². The van der Waals surface area contributed by atoms with Crippen LogP contribution in [0.2, 0.25) is 0 Å². The molecule has 146 valence electrons. The average Bonchev–Trinajstić information content (AvgIpc) is 3.11. The maximum atomic E-state index is 11.6. The highest BCUT2D eigenvalue weighted by molar-refractivity contribution is 5.96. The van der Waals surface area contributed by atoms with Crippen LogP contribution in [0.5, 0.6) is 5.75 Å². The van der Waals surface area contributed by atoms with E-state index in [1.807, 2.05) is 66.7 Å². The molecule has 0 amide bonds. The van der Waals surface area contributed by atoms with Crippen LogP contribution < -0.4 is 4.74 Å². The summed E-state index contributed by atoms with van der Waals surface area (Å²) in [4.78, 5) is 15.1. The number of carboxylic acid groups (broad SMARTS) is 1. The fourth-order valence-electron chi connectivity index (χ4n) is 3.73. The Morgan fingerprint density at radius 2 is 1.72 bits per heavy atom. The van der Waals surface area contributed by atoms with Crippen molar-refractivity contribution in [2.45, 2.75) is 26.4 Å². The molecule has 0 spiro atoms. The van der Waals surface area contributed by atoms with E-state index >= 15 is 0 Å². The summed E-state index contributed by atoms with van der Waals surface area (Å²) in [5, 5.41) is 10.5. The Kier molecular flexibility index (Phi) is 5.34. The van der Waals surface area contributed by atoms with Gasteiger partial charge in [0.2, 0.25) is 0 Å². The summed E-state index contributed by atoms with van der Waals surface area (Å²) in [6.45, 7) is 2.55. The predicted octanol–water partition coefficient (Wildman–Crippen LogP) is 5.60. The topological polar surface area (TPSA) is 62.3 Å². The number of aromatic nitrogens is 1. The van der Waals surface area contributed by atoms with Crippen LogP contribution in [0.25, 0.3) is 22.2 Å². The van der Waals surface area contributed by atoms with Crippen LogP contribution in [0.15, 0.2) is 72.8 Å². The SMILES string of the molecule is CCc1cccc2c(CC(=O)O)c(-c3ccccc3OCc3ccccc3)[nH]c12. The van der Waals surface area contributed by atoms with Crippen molar-refractivity contribution in [1.82, 2.24) is 4.98 Å². The number of nitrogens with one attached hydrogen (secondary N) is 1. The third-order valence-electron chi connectivity index (χ3n) is 5.13. The van der Waals surface area contributed by atoms with Gasteiger partial charge in [0.15, 0.2) is 0 Å². The molecule has 4 heteroatoms.